The van der Waals surface area contributed by atoms with Crippen LogP contribution in [0.15, 0.2) is 48.5 Å². The molecule has 0 aliphatic carbocycles. The number of hydrogen-bond donors (Lipinski definition) is 1. The van der Waals surface area contributed by atoms with Crippen LogP contribution in [0.5, 0.6) is 0 Å². The van der Waals surface area contributed by atoms with Crippen molar-refractivity contribution < 1.29 is 9.53 Å². The van der Waals surface area contributed by atoms with E-state index in [4.69, 9.17) is 17.0 Å². The van der Waals surface area contributed by atoms with Crippen LogP contribution in [0.1, 0.15) is 15.9 Å². The minimum Gasteiger partial charge on any atom is -0.474 e. The van der Waals surface area contributed by atoms with Crippen LogP contribution in [0.2, 0.25) is 0 Å². The number of hydrogen-bond acceptors (Lipinski definition) is 3. The molecule has 102 valence electrons. The average molecular weight is 285 g/mol. The average Bonchev–Trinajstić information content (AvgIpc) is 2.48. The van der Waals surface area contributed by atoms with Crippen molar-refractivity contribution in [2.75, 3.05) is 7.11 Å². The van der Waals surface area contributed by atoms with E-state index in [9.17, 15) is 4.79 Å². The molecule has 0 saturated carbocycles. The maximum absolute atomic E-state index is 12.2. The SMILES string of the molecule is COC(=S)NC(=O)c1ccccc1-c1ccc(C)cc1. The molecule has 0 radical (unpaired) electrons. The third kappa shape index (κ3) is 3.22. The maximum Gasteiger partial charge on any atom is 0.263 e. The summed E-state index contributed by atoms with van der Waals surface area (Å²) in [5.74, 6) is -0.270. The number of amides is 1. The predicted molar refractivity (Wildman–Crippen MR) is 83.7 cm³/mol. The normalized spacial score (nSPS) is 9.90. The zero-order valence-electron chi connectivity index (χ0n) is 11.3. The molecule has 2 aromatic rings. The van der Waals surface area contributed by atoms with Crippen LogP contribution in [-0.4, -0.2) is 18.2 Å². The lowest BCUT2D eigenvalue weighted by atomic mass is 9.98. The highest BCUT2D eigenvalue weighted by Crippen LogP contribution is 2.24. The van der Waals surface area contributed by atoms with Crippen LogP contribution in [0.25, 0.3) is 11.1 Å². The van der Waals surface area contributed by atoms with Crippen molar-refractivity contribution in [2.45, 2.75) is 6.92 Å². The van der Waals surface area contributed by atoms with E-state index < -0.39 is 0 Å². The molecule has 2 rings (SSSR count). The van der Waals surface area contributed by atoms with Crippen LogP contribution < -0.4 is 5.32 Å². The van der Waals surface area contributed by atoms with Crippen molar-refractivity contribution in [3.8, 4) is 11.1 Å². The van der Waals surface area contributed by atoms with Crippen molar-refractivity contribution in [1.82, 2.24) is 5.32 Å². The maximum atomic E-state index is 12.2. The molecular weight excluding hydrogens is 270 g/mol. The van der Waals surface area contributed by atoms with Gasteiger partial charge in [0.25, 0.3) is 11.1 Å². The van der Waals surface area contributed by atoms with Crippen LogP contribution in [-0.2, 0) is 4.74 Å². The molecule has 0 saturated heterocycles. The summed E-state index contributed by atoms with van der Waals surface area (Å²) in [5.41, 5.74) is 3.60. The molecule has 0 aromatic heterocycles. The molecule has 0 bridgehead atoms. The summed E-state index contributed by atoms with van der Waals surface area (Å²) in [6.45, 7) is 2.03. The van der Waals surface area contributed by atoms with E-state index in [1.165, 1.54) is 12.7 Å². The number of nitrogens with one attached hydrogen (secondary N) is 1. The second-order valence-corrected chi connectivity index (χ2v) is 4.73. The van der Waals surface area contributed by atoms with Gasteiger partial charge in [-0.05, 0) is 36.3 Å². The Labute approximate surface area is 123 Å². The van der Waals surface area contributed by atoms with Gasteiger partial charge in [0.15, 0.2) is 0 Å². The first kappa shape index (κ1) is 14.2. The summed E-state index contributed by atoms with van der Waals surface area (Å²) in [5, 5.41) is 2.60. The van der Waals surface area contributed by atoms with Crippen molar-refractivity contribution >= 4 is 23.3 Å². The molecule has 0 atom stereocenters. The Balaban J connectivity index is 2.38. The van der Waals surface area contributed by atoms with Gasteiger partial charge in [0.2, 0.25) is 0 Å². The minimum atomic E-state index is -0.270. The molecular formula is C16H15NO2S. The predicted octanol–water partition coefficient (Wildman–Crippen LogP) is 3.32. The van der Waals surface area contributed by atoms with Gasteiger partial charge in [-0.2, -0.15) is 0 Å². The van der Waals surface area contributed by atoms with Gasteiger partial charge in [0.05, 0.1) is 7.11 Å². The molecule has 1 amide bonds. The molecule has 3 nitrogen and oxygen atoms in total. The van der Waals surface area contributed by atoms with Crippen LogP contribution in [0, 0.1) is 6.92 Å². The summed E-state index contributed by atoms with van der Waals surface area (Å²) >= 11 is 4.85. The minimum absolute atomic E-state index is 0.0636. The van der Waals surface area contributed by atoms with E-state index in [0.29, 0.717) is 5.56 Å². The van der Waals surface area contributed by atoms with E-state index in [1.54, 1.807) is 6.07 Å². The van der Waals surface area contributed by atoms with Gasteiger partial charge in [-0.15, -0.1) is 0 Å². The zero-order valence-corrected chi connectivity index (χ0v) is 12.2. The number of benzene rings is 2. The third-order valence-electron chi connectivity index (χ3n) is 2.94. The van der Waals surface area contributed by atoms with Gasteiger partial charge in [-0.1, -0.05) is 48.0 Å². The van der Waals surface area contributed by atoms with Crippen molar-refractivity contribution in [2.24, 2.45) is 0 Å². The number of thiocarbonyl (C=S) groups is 1. The smallest absolute Gasteiger partial charge is 0.263 e. The number of rotatable bonds is 2. The highest BCUT2D eigenvalue weighted by atomic mass is 32.1. The quantitative estimate of drug-likeness (QED) is 0.860. The van der Waals surface area contributed by atoms with Gasteiger partial charge < -0.3 is 4.74 Å². The summed E-state index contributed by atoms with van der Waals surface area (Å²) in [6, 6.07) is 15.4. The zero-order chi connectivity index (χ0) is 14.5. The van der Waals surface area contributed by atoms with E-state index >= 15 is 0 Å². The Morgan fingerprint density at radius 2 is 1.75 bits per heavy atom. The molecule has 1 N–H and O–H groups in total. The van der Waals surface area contributed by atoms with Gasteiger partial charge >= 0.3 is 0 Å². The van der Waals surface area contributed by atoms with Crippen molar-refractivity contribution in [1.29, 1.82) is 0 Å². The fourth-order valence-electron chi connectivity index (χ4n) is 1.88. The molecule has 0 heterocycles. The number of carbonyl (C=O) groups excluding carboxylic acids is 1. The standard InChI is InChI=1S/C16H15NO2S/c1-11-7-9-12(10-8-11)13-5-3-4-6-14(13)15(18)17-16(20)19-2/h3-10H,1-2H3,(H,17,18,20). The molecule has 4 heteroatoms. The fraction of sp³-hybridized carbons (Fsp3) is 0.125. The number of ether oxygens (including phenoxy) is 1. The largest absolute Gasteiger partial charge is 0.474 e. The Morgan fingerprint density at radius 3 is 2.40 bits per heavy atom. The first-order valence-corrected chi connectivity index (χ1v) is 6.58. The van der Waals surface area contributed by atoms with E-state index in [2.05, 4.69) is 5.32 Å². The Morgan fingerprint density at radius 1 is 1.10 bits per heavy atom. The first-order valence-electron chi connectivity index (χ1n) is 6.17. The highest BCUT2D eigenvalue weighted by Gasteiger charge is 2.13. The number of aryl methyl sites for hydroxylation is 1. The van der Waals surface area contributed by atoms with Gasteiger partial charge in [0, 0.05) is 5.56 Å². The van der Waals surface area contributed by atoms with Gasteiger partial charge in [-0.25, -0.2) is 0 Å². The number of methoxy groups -OCH3 is 1. The molecule has 20 heavy (non-hydrogen) atoms. The summed E-state index contributed by atoms with van der Waals surface area (Å²) in [4.78, 5) is 12.2. The Hall–Kier alpha value is -2.20. The van der Waals surface area contributed by atoms with E-state index in [-0.39, 0.29) is 11.1 Å². The second kappa shape index (κ2) is 6.30. The van der Waals surface area contributed by atoms with Gasteiger partial charge in [-0.3, -0.25) is 10.1 Å². The molecule has 2 aromatic carbocycles. The summed E-state index contributed by atoms with van der Waals surface area (Å²) < 4.78 is 4.80. The van der Waals surface area contributed by atoms with E-state index in [0.717, 1.165) is 11.1 Å². The highest BCUT2D eigenvalue weighted by molar-refractivity contribution is 7.80. The van der Waals surface area contributed by atoms with Gasteiger partial charge in [0.1, 0.15) is 0 Å². The molecule has 0 spiro atoms. The lowest BCUT2D eigenvalue weighted by Gasteiger charge is -2.10. The number of carbonyl (C=O) groups is 1. The molecule has 0 aliphatic heterocycles. The Kier molecular flexibility index (Phi) is 4.48. The van der Waals surface area contributed by atoms with Crippen LogP contribution in [0.4, 0.5) is 0 Å². The van der Waals surface area contributed by atoms with Crippen molar-refractivity contribution in [3.05, 3.63) is 59.7 Å². The lowest BCUT2D eigenvalue weighted by molar-refractivity contribution is 0.0971. The molecule has 0 unspecified atom stereocenters. The van der Waals surface area contributed by atoms with E-state index in [1.807, 2.05) is 49.4 Å². The van der Waals surface area contributed by atoms with Crippen molar-refractivity contribution in [3.63, 3.8) is 0 Å². The Bertz CT molecular complexity index is 635. The second-order valence-electron chi connectivity index (χ2n) is 4.36. The van der Waals surface area contributed by atoms with Crippen LogP contribution >= 0.6 is 12.2 Å². The molecule has 0 aliphatic rings. The first-order chi connectivity index (χ1) is 9.61. The molecule has 0 fully saturated rings. The fourth-order valence-corrected chi connectivity index (χ4v) is 1.97. The summed E-state index contributed by atoms with van der Waals surface area (Å²) in [6.07, 6.45) is 0. The monoisotopic (exact) mass is 285 g/mol. The summed E-state index contributed by atoms with van der Waals surface area (Å²) in [7, 11) is 1.43. The third-order valence-corrected chi connectivity index (χ3v) is 3.20. The van der Waals surface area contributed by atoms with Crippen LogP contribution in [0.3, 0.4) is 0 Å². The lowest BCUT2D eigenvalue weighted by Crippen LogP contribution is -2.30. The topological polar surface area (TPSA) is 38.3 Å².